The molecule has 4 rings (SSSR count). The van der Waals surface area contributed by atoms with E-state index in [1.807, 2.05) is 61.0 Å². The fourth-order valence-electron chi connectivity index (χ4n) is 3.38. The Bertz CT molecular complexity index is 1240. The van der Waals surface area contributed by atoms with Gasteiger partial charge in [-0.3, -0.25) is 9.59 Å². The van der Waals surface area contributed by atoms with Crippen LogP contribution in [0, 0.1) is 0 Å². The molecule has 0 saturated heterocycles. The van der Waals surface area contributed by atoms with Crippen LogP contribution in [0.4, 0.5) is 11.4 Å². The normalized spacial score (nSPS) is 10.9. The molecule has 30 heavy (non-hydrogen) atoms. The molecule has 0 aliphatic heterocycles. The van der Waals surface area contributed by atoms with E-state index in [1.165, 1.54) is 0 Å². The summed E-state index contributed by atoms with van der Waals surface area (Å²) in [5, 5.41) is 2.88. The van der Waals surface area contributed by atoms with Crippen molar-refractivity contribution in [3.8, 4) is 11.4 Å². The number of amides is 1. The highest BCUT2D eigenvalue weighted by Crippen LogP contribution is 2.26. The number of aromatic nitrogens is 2. The molecule has 0 bridgehead atoms. The number of ketones is 1. The number of carbonyl (C=O) groups is 2. The maximum absolute atomic E-state index is 12.4. The van der Waals surface area contributed by atoms with Crippen molar-refractivity contribution in [1.82, 2.24) is 9.55 Å². The maximum atomic E-state index is 12.4. The van der Waals surface area contributed by atoms with Crippen LogP contribution in [0.5, 0.6) is 0 Å². The monoisotopic (exact) mass is 398 g/mol. The number of carbonyl (C=O) groups excluding carboxylic acids is 2. The van der Waals surface area contributed by atoms with Crippen LogP contribution in [0.3, 0.4) is 0 Å². The van der Waals surface area contributed by atoms with Gasteiger partial charge < -0.3 is 15.6 Å². The molecule has 1 amide bonds. The first-order valence-corrected chi connectivity index (χ1v) is 9.73. The van der Waals surface area contributed by atoms with Gasteiger partial charge in [-0.1, -0.05) is 6.92 Å². The molecule has 1 aromatic heterocycles. The molecule has 0 radical (unpaired) electrons. The summed E-state index contributed by atoms with van der Waals surface area (Å²) in [5.41, 5.74) is 10.9. The molecule has 0 unspecified atom stereocenters. The average Bonchev–Trinajstić information content (AvgIpc) is 3.10. The number of nitrogens with two attached hydrogens (primary N) is 1. The molecular formula is C24H22N4O2. The molecule has 0 aliphatic carbocycles. The zero-order valence-electron chi connectivity index (χ0n) is 16.8. The second kappa shape index (κ2) is 7.83. The van der Waals surface area contributed by atoms with Gasteiger partial charge >= 0.3 is 0 Å². The summed E-state index contributed by atoms with van der Waals surface area (Å²) in [7, 11) is 1.95. The second-order valence-corrected chi connectivity index (χ2v) is 7.13. The van der Waals surface area contributed by atoms with Gasteiger partial charge in [0.2, 0.25) is 0 Å². The summed E-state index contributed by atoms with van der Waals surface area (Å²) in [4.78, 5) is 29.1. The third-order valence-corrected chi connectivity index (χ3v) is 5.10. The molecule has 3 aromatic carbocycles. The Balaban J connectivity index is 1.58. The highest BCUT2D eigenvalue weighted by Gasteiger charge is 2.13. The van der Waals surface area contributed by atoms with Crippen LogP contribution in [0.25, 0.3) is 22.4 Å². The van der Waals surface area contributed by atoms with Crippen LogP contribution in [0.2, 0.25) is 0 Å². The number of nitrogens with zero attached hydrogens (tertiary/aromatic N) is 2. The van der Waals surface area contributed by atoms with Crippen molar-refractivity contribution in [3.05, 3.63) is 77.9 Å². The van der Waals surface area contributed by atoms with E-state index in [0.29, 0.717) is 28.9 Å². The van der Waals surface area contributed by atoms with Crippen LogP contribution in [-0.4, -0.2) is 21.2 Å². The lowest BCUT2D eigenvalue weighted by Crippen LogP contribution is -2.11. The summed E-state index contributed by atoms with van der Waals surface area (Å²) in [6.45, 7) is 1.85. The molecule has 4 aromatic rings. The maximum Gasteiger partial charge on any atom is 0.255 e. The average molecular weight is 398 g/mol. The Labute approximate surface area is 174 Å². The standard InChI is InChI=1S/C24H22N4O2/c1-3-22(29)17-8-13-21-20(14-17)27-23(28(21)2)15-6-11-19(12-7-15)26-24(30)16-4-9-18(25)10-5-16/h4-14H,3,25H2,1-2H3,(H,26,30). The fraction of sp³-hybridized carbons (Fsp3) is 0.125. The number of fused-ring (bicyclic) bond motifs is 1. The van der Waals surface area contributed by atoms with Gasteiger partial charge in [-0.2, -0.15) is 0 Å². The number of nitrogens with one attached hydrogen (secondary N) is 1. The first kappa shape index (κ1) is 19.4. The molecule has 0 atom stereocenters. The van der Waals surface area contributed by atoms with E-state index in [-0.39, 0.29) is 11.7 Å². The Hall–Kier alpha value is -3.93. The molecule has 3 N–H and O–H groups in total. The lowest BCUT2D eigenvalue weighted by atomic mass is 10.1. The Morgan fingerprint density at radius 2 is 1.63 bits per heavy atom. The van der Waals surface area contributed by atoms with Crippen LogP contribution in [-0.2, 0) is 7.05 Å². The van der Waals surface area contributed by atoms with Crippen molar-refractivity contribution < 1.29 is 9.59 Å². The topological polar surface area (TPSA) is 90.0 Å². The van der Waals surface area contributed by atoms with Crippen LogP contribution >= 0.6 is 0 Å². The van der Waals surface area contributed by atoms with E-state index in [0.717, 1.165) is 22.4 Å². The van der Waals surface area contributed by atoms with Gasteiger partial charge in [0.25, 0.3) is 5.91 Å². The predicted molar refractivity (Wildman–Crippen MR) is 120 cm³/mol. The van der Waals surface area contributed by atoms with Gasteiger partial charge in [-0.15, -0.1) is 0 Å². The summed E-state index contributed by atoms with van der Waals surface area (Å²) >= 11 is 0. The van der Waals surface area contributed by atoms with Gasteiger partial charge in [-0.05, 0) is 66.7 Å². The number of anilines is 2. The number of rotatable bonds is 5. The third kappa shape index (κ3) is 3.67. The quantitative estimate of drug-likeness (QED) is 0.378. The summed E-state index contributed by atoms with van der Waals surface area (Å²) in [5.74, 6) is 0.700. The minimum absolute atomic E-state index is 0.102. The van der Waals surface area contributed by atoms with Gasteiger partial charge in [0.1, 0.15) is 5.82 Å². The van der Waals surface area contributed by atoms with Gasteiger partial charge in [-0.25, -0.2) is 4.98 Å². The Morgan fingerprint density at radius 3 is 2.30 bits per heavy atom. The minimum Gasteiger partial charge on any atom is -0.399 e. The molecule has 0 fully saturated rings. The fourth-order valence-corrected chi connectivity index (χ4v) is 3.38. The Kier molecular flexibility index (Phi) is 5.06. The zero-order chi connectivity index (χ0) is 21.3. The molecule has 6 heteroatoms. The van der Waals surface area contributed by atoms with Crippen molar-refractivity contribution in [3.63, 3.8) is 0 Å². The summed E-state index contributed by atoms with van der Waals surface area (Å²) in [6, 6.07) is 19.9. The second-order valence-electron chi connectivity index (χ2n) is 7.13. The van der Waals surface area contributed by atoms with E-state index in [2.05, 4.69) is 5.32 Å². The van der Waals surface area contributed by atoms with Crippen molar-refractivity contribution in [1.29, 1.82) is 0 Å². The molecule has 1 heterocycles. The smallest absolute Gasteiger partial charge is 0.255 e. The number of benzene rings is 3. The first-order valence-electron chi connectivity index (χ1n) is 9.73. The predicted octanol–water partition coefficient (Wildman–Crippen LogP) is 4.67. The number of hydrogen-bond donors (Lipinski definition) is 2. The summed E-state index contributed by atoms with van der Waals surface area (Å²) in [6.07, 6.45) is 0.467. The lowest BCUT2D eigenvalue weighted by Gasteiger charge is -2.07. The van der Waals surface area contributed by atoms with E-state index in [1.54, 1.807) is 24.3 Å². The van der Waals surface area contributed by atoms with E-state index < -0.39 is 0 Å². The number of Topliss-reactive ketones (excluding diaryl/α,β-unsaturated/α-hetero) is 1. The van der Waals surface area contributed by atoms with Crippen LogP contribution in [0.15, 0.2) is 66.7 Å². The van der Waals surface area contributed by atoms with Crippen molar-refractivity contribution in [2.45, 2.75) is 13.3 Å². The zero-order valence-corrected chi connectivity index (χ0v) is 16.8. The molecule has 6 nitrogen and oxygen atoms in total. The highest BCUT2D eigenvalue weighted by molar-refractivity contribution is 6.04. The van der Waals surface area contributed by atoms with Gasteiger partial charge in [0.05, 0.1) is 11.0 Å². The minimum atomic E-state index is -0.196. The lowest BCUT2D eigenvalue weighted by molar-refractivity contribution is 0.0986. The van der Waals surface area contributed by atoms with Gasteiger partial charge in [0, 0.05) is 41.5 Å². The molecule has 0 aliphatic rings. The van der Waals surface area contributed by atoms with Crippen molar-refractivity contribution in [2.75, 3.05) is 11.1 Å². The molecule has 0 spiro atoms. The number of imidazole rings is 1. The van der Waals surface area contributed by atoms with E-state index in [4.69, 9.17) is 10.7 Å². The Morgan fingerprint density at radius 1 is 0.967 bits per heavy atom. The van der Waals surface area contributed by atoms with Crippen LogP contribution < -0.4 is 11.1 Å². The molecule has 0 saturated carbocycles. The molecular weight excluding hydrogens is 376 g/mol. The number of aryl methyl sites for hydroxylation is 1. The highest BCUT2D eigenvalue weighted by atomic mass is 16.1. The van der Waals surface area contributed by atoms with Crippen LogP contribution in [0.1, 0.15) is 34.1 Å². The first-order chi connectivity index (χ1) is 14.5. The molecule has 150 valence electrons. The SMILES string of the molecule is CCC(=O)c1ccc2c(c1)nc(-c1ccc(NC(=O)c3ccc(N)cc3)cc1)n2C. The van der Waals surface area contributed by atoms with E-state index >= 15 is 0 Å². The van der Waals surface area contributed by atoms with Crippen molar-refractivity contribution in [2.24, 2.45) is 7.05 Å². The largest absolute Gasteiger partial charge is 0.399 e. The number of hydrogen-bond acceptors (Lipinski definition) is 4. The van der Waals surface area contributed by atoms with E-state index in [9.17, 15) is 9.59 Å². The summed E-state index contributed by atoms with van der Waals surface area (Å²) < 4.78 is 2.00. The van der Waals surface area contributed by atoms with Gasteiger partial charge in [0.15, 0.2) is 5.78 Å². The third-order valence-electron chi connectivity index (χ3n) is 5.10. The number of nitrogen functional groups attached to an aromatic ring is 1. The van der Waals surface area contributed by atoms with Crippen molar-refractivity contribution >= 4 is 34.1 Å².